The Morgan fingerprint density at radius 3 is 2.70 bits per heavy atom. The molecule has 0 bridgehead atoms. The summed E-state index contributed by atoms with van der Waals surface area (Å²) in [5.41, 5.74) is 7.08. The molecule has 0 heterocycles. The SMILES string of the molecule is CC(C)CCN(Cc1cc(C(N)=S)ccc1F)C1CC1. The molecule has 0 unspecified atom stereocenters. The van der Waals surface area contributed by atoms with Gasteiger partial charge in [-0.15, -0.1) is 0 Å². The van der Waals surface area contributed by atoms with Gasteiger partial charge < -0.3 is 5.73 Å². The van der Waals surface area contributed by atoms with E-state index in [2.05, 4.69) is 18.7 Å². The van der Waals surface area contributed by atoms with Crippen LogP contribution in [0.15, 0.2) is 18.2 Å². The number of hydrogen-bond donors (Lipinski definition) is 1. The zero-order valence-electron chi connectivity index (χ0n) is 12.2. The van der Waals surface area contributed by atoms with Gasteiger partial charge in [0.2, 0.25) is 0 Å². The van der Waals surface area contributed by atoms with Crippen molar-refractivity contribution in [1.29, 1.82) is 0 Å². The molecule has 0 aromatic heterocycles. The molecule has 1 aromatic rings. The molecular formula is C16H23FN2S. The number of hydrogen-bond acceptors (Lipinski definition) is 2. The van der Waals surface area contributed by atoms with Crippen molar-refractivity contribution < 1.29 is 4.39 Å². The van der Waals surface area contributed by atoms with E-state index >= 15 is 0 Å². The van der Waals surface area contributed by atoms with Crippen LogP contribution in [0.3, 0.4) is 0 Å². The summed E-state index contributed by atoms with van der Waals surface area (Å²) in [6, 6.07) is 5.54. The Morgan fingerprint density at radius 2 is 2.15 bits per heavy atom. The number of nitrogens with two attached hydrogens (primary N) is 1. The monoisotopic (exact) mass is 294 g/mol. The summed E-state index contributed by atoms with van der Waals surface area (Å²) in [5, 5.41) is 0. The zero-order valence-corrected chi connectivity index (χ0v) is 13.0. The van der Waals surface area contributed by atoms with Crippen molar-refractivity contribution in [3.05, 3.63) is 35.1 Å². The summed E-state index contributed by atoms with van der Waals surface area (Å²) in [6.07, 6.45) is 3.61. The first kappa shape index (κ1) is 15.4. The van der Waals surface area contributed by atoms with Crippen LogP contribution in [-0.2, 0) is 6.54 Å². The van der Waals surface area contributed by atoms with Gasteiger partial charge in [0.25, 0.3) is 0 Å². The van der Waals surface area contributed by atoms with Crippen LogP contribution in [0.2, 0.25) is 0 Å². The summed E-state index contributed by atoms with van der Waals surface area (Å²) >= 11 is 4.97. The molecule has 2 nitrogen and oxygen atoms in total. The molecule has 0 saturated heterocycles. The van der Waals surface area contributed by atoms with E-state index in [0.29, 0.717) is 29.1 Å². The van der Waals surface area contributed by atoms with E-state index in [4.69, 9.17) is 18.0 Å². The molecule has 110 valence electrons. The molecule has 1 saturated carbocycles. The summed E-state index contributed by atoms with van der Waals surface area (Å²) in [5.74, 6) is 0.504. The molecule has 1 aliphatic carbocycles. The topological polar surface area (TPSA) is 29.3 Å². The highest BCUT2D eigenvalue weighted by atomic mass is 32.1. The number of halogens is 1. The van der Waals surface area contributed by atoms with Crippen molar-refractivity contribution >= 4 is 17.2 Å². The van der Waals surface area contributed by atoms with E-state index in [-0.39, 0.29) is 5.82 Å². The quantitative estimate of drug-likeness (QED) is 0.781. The van der Waals surface area contributed by atoms with E-state index < -0.39 is 0 Å². The van der Waals surface area contributed by atoms with Crippen LogP contribution in [0.4, 0.5) is 4.39 Å². The lowest BCUT2D eigenvalue weighted by molar-refractivity contribution is 0.236. The van der Waals surface area contributed by atoms with E-state index in [1.165, 1.54) is 18.9 Å². The fraction of sp³-hybridized carbons (Fsp3) is 0.562. The minimum atomic E-state index is -0.166. The molecule has 0 aliphatic heterocycles. The lowest BCUT2D eigenvalue weighted by Crippen LogP contribution is -2.28. The second-order valence-corrected chi connectivity index (χ2v) is 6.49. The number of nitrogens with zero attached hydrogens (tertiary/aromatic N) is 1. The van der Waals surface area contributed by atoms with Crippen molar-refractivity contribution in [2.75, 3.05) is 6.54 Å². The standard InChI is InChI=1S/C16H23FN2S/c1-11(2)7-8-19(14-4-5-14)10-13-9-12(16(18)20)3-6-15(13)17/h3,6,9,11,14H,4-5,7-8,10H2,1-2H3,(H2,18,20). The van der Waals surface area contributed by atoms with E-state index in [9.17, 15) is 4.39 Å². The van der Waals surface area contributed by atoms with Gasteiger partial charge in [-0.25, -0.2) is 4.39 Å². The summed E-state index contributed by atoms with van der Waals surface area (Å²) in [7, 11) is 0. The Morgan fingerprint density at radius 1 is 1.45 bits per heavy atom. The zero-order chi connectivity index (χ0) is 14.7. The second-order valence-electron chi connectivity index (χ2n) is 6.05. The Kier molecular flexibility index (Phi) is 5.11. The number of rotatable bonds is 7. The molecule has 2 rings (SSSR count). The highest BCUT2D eigenvalue weighted by Crippen LogP contribution is 2.29. The van der Waals surface area contributed by atoms with Crippen molar-refractivity contribution in [1.82, 2.24) is 4.90 Å². The highest BCUT2D eigenvalue weighted by Gasteiger charge is 2.29. The van der Waals surface area contributed by atoms with Crippen molar-refractivity contribution in [2.24, 2.45) is 11.7 Å². The average Bonchev–Trinajstić information content (AvgIpc) is 3.20. The molecule has 0 amide bonds. The Bertz CT molecular complexity index is 483. The van der Waals surface area contributed by atoms with Crippen molar-refractivity contribution in [2.45, 2.75) is 45.7 Å². The molecule has 1 aliphatic rings. The number of benzene rings is 1. The lowest BCUT2D eigenvalue weighted by Gasteiger charge is -2.23. The van der Waals surface area contributed by atoms with Gasteiger partial charge >= 0.3 is 0 Å². The Hall–Kier alpha value is -1.00. The van der Waals surface area contributed by atoms with E-state index in [0.717, 1.165) is 18.5 Å². The van der Waals surface area contributed by atoms with Crippen LogP contribution in [-0.4, -0.2) is 22.5 Å². The molecule has 20 heavy (non-hydrogen) atoms. The van der Waals surface area contributed by atoms with Gasteiger partial charge in [0, 0.05) is 23.7 Å². The predicted octanol–water partition coefficient (Wildman–Crippen LogP) is 3.47. The third-order valence-electron chi connectivity index (χ3n) is 3.76. The largest absolute Gasteiger partial charge is 0.389 e. The van der Waals surface area contributed by atoms with E-state index in [1.54, 1.807) is 12.1 Å². The van der Waals surface area contributed by atoms with Crippen molar-refractivity contribution in [3.8, 4) is 0 Å². The van der Waals surface area contributed by atoms with Crippen LogP contribution in [0.5, 0.6) is 0 Å². The smallest absolute Gasteiger partial charge is 0.127 e. The fourth-order valence-electron chi connectivity index (χ4n) is 2.32. The third-order valence-corrected chi connectivity index (χ3v) is 4.00. The van der Waals surface area contributed by atoms with Crippen LogP contribution < -0.4 is 5.73 Å². The maximum Gasteiger partial charge on any atom is 0.127 e. The van der Waals surface area contributed by atoms with Gasteiger partial charge in [-0.1, -0.05) is 26.1 Å². The Labute approximate surface area is 126 Å². The van der Waals surface area contributed by atoms with Crippen LogP contribution in [0, 0.1) is 11.7 Å². The second kappa shape index (κ2) is 6.64. The molecule has 0 radical (unpaired) electrons. The minimum absolute atomic E-state index is 0.166. The summed E-state index contributed by atoms with van der Waals surface area (Å²) in [6.45, 7) is 6.12. The molecule has 4 heteroatoms. The molecular weight excluding hydrogens is 271 g/mol. The fourth-order valence-corrected chi connectivity index (χ4v) is 2.45. The van der Waals surface area contributed by atoms with Gasteiger partial charge in [-0.3, -0.25) is 4.90 Å². The first-order valence-electron chi connectivity index (χ1n) is 7.29. The first-order valence-corrected chi connectivity index (χ1v) is 7.70. The number of thiocarbonyl (C=S) groups is 1. The lowest BCUT2D eigenvalue weighted by atomic mass is 10.1. The van der Waals surface area contributed by atoms with E-state index in [1.807, 2.05) is 0 Å². The van der Waals surface area contributed by atoms with Crippen LogP contribution in [0.1, 0.15) is 44.2 Å². The van der Waals surface area contributed by atoms with Crippen molar-refractivity contribution in [3.63, 3.8) is 0 Å². The third kappa shape index (κ3) is 4.25. The Balaban J connectivity index is 2.09. The maximum absolute atomic E-state index is 14.0. The highest BCUT2D eigenvalue weighted by molar-refractivity contribution is 7.80. The molecule has 2 N–H and O–H groups in total. The molecule has 0 atom stereocenters. The summed E-state index contributed by atoms with van der Waals surface area (Å²) in [4.78, 5) is 2.72. The molecule has 1 aromatic carbocycles. The van der Waals surface area contributed by atoms with Crippen LogP contribution >= 0.6 is 12.2 Å². The van der Waals surface area contributed by atoms with Crippen LogP contribution in [0.25, 0.3) is 0 Å². The normalized spacial score (nSPS) is 15.1. The molecule has 1 fully saturated rings. The van der Waals surface area contributed by atoms with Gasteiger partial charge in [-0.2, -0.15) is 0 Å². The maximum atomic E-state index is 14.0. The predicted molar refractivity (Wildman–Crippen MR) is 85.2 cm³/mol. The first-order chi connectivity index (χ1) is 9.47. The summed E-state index contributed by atoms with van der Waals surface area (Å²) < 4.78 is 14.0. The minimum Gasteiger partial charge on any atom is -0.389 e. The van der Waals surface area contributed by atoms with Gasteiger partial charge in [0.1, 0.15) is 10.8 Å². The van der Waals surface area contributed by atoms with Gasteiger partial charge in [0.05, 0.1) is 0 Å². The van der Waals surface area contributed by atoms with Gasteiger partial charge in [-0.05, 0) is 49.9 Å². The van der Waals surface area contributed by atoms with Gasteiger partial charge in [0.15, 0.2) is 0 Å². The molecule has 0 spiro atoms. The average molecular weight is 294 g/mol.